The predicted molar refractivity (Wildman–Crippen MR) is 125 cm³/mol. The van der Waals surface area contributed by atoms with E-state index in [4.69, 9.17) is 4.74 Å². The number of carbonyl (C=O) groups is 2. The maximum Gasteiger partial charge on any atom is 0.410 e. The highest BCUT2D eigenvalue weighted by Crippen LogP contribution is 2.42. The molecule has 5 heterocycles. The Hall–Kier alpha value is -3.96. The van der Waals surface area contributed by atoms with Crippen molar-refractivity contribution < 1.29 is 40.9 Å². The fourth-order valence-corrected chi connectivity index (χ4v) is 5.47. The number of urea groups is 1. The van der Waals surface area contributed by atoms with E-state index in [9.17, 15) is 31.5 Å². The smallest absolute Gasteiger partial charge is 0.376 e. The van der Waals surface area contributed by atoms with Gasteiger partial charge in [-0.3, -0.25) is 4.79 Å². The molecule has 2 atom stereocenters. The van der Waals surface area contributed by atoms with Crippen molar-refractivity contribution in [3.63, 3.8) is 0 Å². The second kappa shape index (κ2) is 9.56. The fourth-order valence-electron chi connectivity index (χ4n) is 5.47. The van der Waals surface area contributed by atoms with E-state index >= 15 is 0 Å². The van der Waals surface area contributed by atoms with Gasteiger partial charge in [-0.1, -0.05) is 5.16 Å². The summed E-state index contributed by atoms with van der Waals surface area (Å²) in [6.07, 6.45) is -2.33. The summed E-state index contributed by atoms with van der Waals surface area (Å²) in [5.41, 5.74) is -0.647. The van der Waals surface area contributed by atoms with Crippen molar-refractivity contribution in [2.75, 3.05) is 19.8 Å². The average molecular weight is 585 g/mol. The summed E-state index contributed by atoms with van der Waals surface area (Å²) in [4.78, 5) is 35.5. The molecule has 0 radical (unpaired) electrons. The standard InChI is InChI=1S/C23H24F5N9O4/c1-11-16(35-41-34-11)18(38)33-17(12-2-4-22(24,25)5-3-12)13-7-37-19(30-13)31-14(6-29-37)21(9-40-10-21)36-8-15(23(26,27)28)32-20(36)39/h6-7,12,15,17H,2-5,8-10H2,1H3,(H,32,39)(H,33,38)/t15-,17+/m1/s1. The minimum atomic E-state index is -4.63. The van der Waals surface area contributed by atoms with Gasteiger partial charge in [-0.2, -0.15) is 18.3 Å². The van der Waals surface area contributed by atoms with Gasteiger partial charge in [-0.05, 0) is 30.8 Å². The number of hydrogen-bond acceptors (Lipinski definition) is 9. The van der Waals surface area contributed by atoms with Gasteiger partial charge in [0, 0.05) is 12.8 Å². The van der Waals surface area contributed by atoms with Crippen LogP contribution >= 0.6 is 0 Å². The van der Waals surface area contributed by atoms with E-state index in [1.54, 1.807) is 0 Å². The van der Waals surface area contributed by atoms with Gasteiger partial charge in [-0.25, -0.2) is 32.7 Å². The quantitative estimate of drug-likeness (QED) is 0.415. The third-order valence-electron chi connectivity index (χ3n) is 7.90. The number of hydrogen-bond donors (Lipinski definition) is 2. The van der Waals surface area contributed by atoms with E-state index < -0.39 is 54.1 Å². The molecule has 3 amide bonds. The number of amides is 3. The van der Waals surface area contributed by atoms with Gasteiger partial charge >= 0.3 is 12.2 Å². The zero-order valence-corrected chi connectivity index (χ0v) is 21.5. The normalized spacial score (nSPS) is 23.3. The first-order valence-corrected chi connectivity index (χ1v) is 12.8. The molecule has 220 valence electrons. The fraction of sp³-hybridized carbons (Fsp3) is 0.609. The van der Waals surface area contributed by atoms with E-state index in [0.717, 1.165) is 4.90 Å². The minimum Gasteiger partial charge on any atom is -0.376 e. The van der Waals surface area contributed by atoms with Crippen molar-refractivity contribution in [3.05, 3.63) is 35.2 Å². The monoisotopic (exact) mass is 585 g/mol. The van der Waals surface area contributed by atoms with Crippen LogP contribution in [0.3, 0.4) is 0 Å². The van der Waals surface area contributed by atoms with Crippen molar-refractivity contribution in [3.8, 4) is 0 Å². The number of nitrogens with one attached hydrogen (secondary N) is 2. The zero-order valence-electron chi connectivity index (χ0n) is 21.5. The van der Waals surface area contributed by atoms with E-state index in [2.05, 4.69) is 35.3 Å². The molecule has 2 N–H and O–H groups in total. The number of carbonyl (C=O) groups excluding carboxylic acids is 2. The van der Waals surface area contributed by atoms with Crippen LogP contribution < -0.4 is 10.6 Å². The summed E-state index contributed by atoms with van der Waals surface area (Å²) < 4.78 is 79.0. The van der Waals surface area contributed by atoms with Gasteiger partial charge in [0.2, 0.25) is 5.92 Å². The number of rotatable bonds is 6. The maximum absolute atomic E-state index is 13.9. The first-order chi connectivity index (χ1) is 19.4. The lowest BCUT2D eigenvalue weighted by atomic mass is 9.81. The van der Waals surface area contributed by atoms with Gasteiger partial charge in [0.05, 0.1) is 49.6 Å². The minimum absolute atomic E-state index is 0.0374. The lowest BCUT2D eigenvalue weighted by Crippen LogP contribution is -2.61. The summed E-state index contributed by atoms with van der Waals surface area (Å²) >= 11 is 0. The van der Waals surface area contributed by atoms with Crippen LogP contribution in [0.4, 0.5) is 26.7 Å². The predicted octanol–water partition coefficient (Wildman–Crippen LogP) is 2.29. The summed E-state index contributed by atoms with van der Waals surface area (Å²) in [6.45, 7) is 0.710. The summed E-state index contributed by atoms with van der Waals surface area (Å²) in [5, 5.41) is 16.2. The van der Waals surface area contributed by atoms with E-state index in [-0.39, 0.29) is 67.5 Å². The third-order valence-corrected chi connectivity index (χ3v) is 7.90. The summed E-state index contributed by atoms with van der Waals surface area (Å²) in [7, 11) is 0. The first-order valence-electron chi connectivity index (χ1n) is 12.8. The van der Waals surface area contributed by atoms with Crippen LogP contribution in [0.1, 0.15) is 59.3 Å². The molecule has 0 spiro atoms. The Kier molecular flexibility index (Phi) is 6.35. The molecule has 0 unspecified atom stereocenters. The number of aromatic nitrogens is 6. The van der Waals surface area contributed by atoms with Crippen LogP contribution in [0.5, 0.6) is 0 Å². The SMILES string of the molecule is Cc1nonc1C(=O)N[C@H](c1cn2ncc(C3(N4C[C@H](C(F)(F)F)NC4=O)COC3)nc2n1)C1CCC(F)(F)CC1. The number of aryl methyl sites for hydroxylation is 1. The number of imidazole rings is 1. The lowest BCUT2D eigenvalue weighted by molar-refractivity contribution is -0.161. The molecule has 0 bridgehead atoms. The molecular formula is C23H24F5N9O4. The van der Waals surface area contributed by atoms with Crippen LogP contribution in [0.2, 0.25) is 0 Å². The highest BCUT2D eigenvalue weighted by molar-refractivity contribution is 5.93. The average Bonchev–Trinajstić information content (AvgIpc) is 3.60. The topological polar surface area (TPSA) is 153 Å². The van der Waals surface area contributed by atoms with Crippen molar-refractivity contribution in [2.24, 2.45) is 5.92 Å². The van der Waals surface area contributed by atoms with Crippen LogP contribution in [0.15, 0.2) is 17.0 Å². The molecule has 18 heteroatoms. The Morgan fingerprint density at radius 3 is 2.51 bits per heavy atom. The zero-order chi connectivity index (χ0) is 29.2. The van der Waals surface area contributed by atoms with Gasteiger partial charge < -0.3 is 20.3 Å². The summed E-state index contributed by atoms with van der Waals surface area (Å²) in [6, 6.07) is -3.77. The lowest BCUT2D eigenvalue weighted by Gasteiger charge is -2.46. The summed E-state index contributed by atoms with van der Waals surface area (Å²) in [5.74, 6) is -3.80. The van der Waals surface area contributed by atoms with Gasteiger partial charge in [-0.15, -0.1) is 0 Å². The van der Waals surface area contributed by atoms with Gasteiger partial charge in [0.15, 0.2) is 5.69 Å². The highest BCUT2D eigenvalue weighted by atomic mass is 19.4. The largest absolute Gasteiger partial charge is 0.410 e. The molecule has 3 aliphatic rings. The Balaban J connectivity index is 1.31. The van der Waals surface area contributed by atoms with E-state index in [1.165, 1.54) is 23.8 Å². The molecular weight excluding hydrogens is 561 g/mol. The van der Waals surface area contributed by atoms with Crippen LogP contribution in [-0.4, -0.2) is 84.6 Å². The number of halogens is 5. The Labute approximate surface area is 227 Å². The van der Waals surface area contributed by atoms with Crippen molar-refractivity contribution in [1.29, 1.82) is 0 Å². The molecule has 2 saturated heterocycles. The Morgan fingerprint density at radius 2 is 1.93 bits per heavy atom. The van der Waals surface area contributed by atoms with Crippen molar-refractivity contribution in [2.45, 2.75) is 62.3 Å². The van der Waals surface area contributed by atoms with Crippen LogP contribution in [-0.2, 0) is 10.3 Å². The molecule has 3 aromatic heterocycles. The molecule has 3 aromatic rings. The molecule has 13 nitrogen and oxygen atoms in total. The third kappa shape index (κ3) is 4.82. The second-order valence-corrected chi connectivity index (χ2v) is 10.6. The van der Waals surface area contributed by atoms with Gasteiger partial charge in [0.25, 0.3) is 11.7 Å². The van der Waals surface area contributed by atoms with Crippen LogP contribution in [0, 0.1) is 12.8 Å². The van der Waals surface area contributed by atoms with E-state index in [0.29, 0.717) is 0 Å². The number of ether oxygens (including phenoxy) is 1. The van der Waals surface area contributed by atoms with Crippen molar-refractivity contribution in [1.82, 2.24) is 45.4 Å². The van der Waals surface area contributed by atoms with Crippen molar-refractivity contribution >= 4 is 17.7 Å². The number of alkyl halides is 5. The van der Waals surface area contributed by atoms with Gasteiger partial charge in [0.1, 0.15) is 17.3 Å². The molecule has 0 aromatic carbocycles. The first kappa shape index (κ1) is 27.2. The van der Waals surface area contributed by atoms with E-state index in [1.807, 2.05) is 5.32 Å². The molecule has 2 aliphatic heterocycles. The Morgan fingerprint density at radius 1 is 1.20 bits per heavy atom. The molecule has 41 heavy (non-hydrogen) atoms. The number of nitrogens with zero attached hydrogens (tertiary/aromatic N) is 7. The Bertz CT molecular complexity index is 1480. The second-order valence-electron chi connectivity index (χ2n) is 10.6. The number of fused-ring (bicyclic) bond motifs is 1. The molecule has 6 rings (SSSR count). The highest BCUT2D eigenvalue weighted by Gasteiger charge is 2.57. The molecule has 3 fully saturated rings. The maximum atomic E-state index is 13.9. The van der Waals surface area contributed by atoms with Crippen LogP contribution in [0.25, 0.3) is 5.78 Å². The molecule has 1 saturated carbocycles. The molecule has 1 aliphatic carbocycles.